The van der Waals surface area contributed by atoms with Gasteiger partial charge in [-0.3, -0.25) is 0 Å². The fraction of sp³-hybridized carbons (Fsp3) is 0.217. The van der Waals surface area contributed by atoms with Gasteiger partial charge in [0.05, 0.1) is 0 Å². The van der Waals surface area contributed by atoms with E-state index in [-0.39, 0.29) is 6.17 Å². The van der Waals surface area contributed by atoms with Gasteiger partial charge in [0.25, 0.3) is 0 Å². The SMILES string of the molecule is CC1C(C)N(c2ccccc2)C(c2ccccc2)N1c1ccccc1. The van der Waals surface area contributed by atoms with Crippen LogP contribution in [0.4, 0.5) is 11.4 Å². The van der Waals surface area contributed by atoms with Gasteiger partial charge in [-0.25, -0.2) is 0 Å². The lowest BCUT2D eigenvalue weighted by Crippen LogP contribution is -2.33. The van der Waals surface area contributed by atoms with E-state index in [0.717, 1.165) is 0 Å². The van der Waals surface area contributed by atoms with E-state index in [1.807, 2.05) is 0 Å². The maximum absolute atomic E-state index is 2.55. The third kappa shape index (κ3) is 2.78. The topological polar surface area (TPSA) is 6.48 Å². The summed E-state index contributed by atoms with van der Waals surface area (Å²) in [5.41, 5.74) is 3.87. The summed E-state index contributed by atoms with van der Waals surface area (Å²) in [4.78, 5) is 5.10. The molecule has 0 aromatic heterocycles. The molecule has 4 rings (SSSR count). The van der Waals surface area contributed by atoms with E-state index in [9.17, 15) is 0 Å². The van der Waals surface area contributed by atoms with Crippen LogP contribution < -0.4 is 9.80 Å². The first-order valence-electron chi connectivity index (χ1n) is 8.99. The van der Waals surface area contributed by atoms with Crippen molar-refractivity contribution in [2.45, 2.75) is 32.1 Å². The van der Waals surface area contributed by atoms with Crippen molar-refractivity contribution in [1.82, 2.24) is 0 Å². The standard InChI is InChI=1S/C23H24N2/c1-18-19(2)25(22-16-10-5-11-17-22)23(20-12-6-3-7-13-20)24(18)21-14-8-4-9-15-21/h3-19,23H,1-2H3. The molecule has 2 nitrogen and oxygen atoms in total. The van der Waals surface area contributed by atoms with Crippen LogP contribution >= 0.6 is 0 Å². The van der Waals surface area contributed by atoms with E-state index in [2.05, 4.69) is 115 Å². The van der Waals surface area contributed by atoms with E-state index in [1.54, 1.807) is 0 Å². The van der Waals surface area contributed by atoms with Crippen LogP contribution in [-0.4, -0.2) is 12.1 Å². The molecule has 1 heterocycles. The first-order valence-corrected chi connectivity index (χ1v) is 8.99. The molecule has 25 heavy (non-hydrogen) atoms. The van der Waals surface area contributed by atoms with Crippen molar-refractivity contribution in [3.8, 4) is 0 Å². The van der Waals surface area contributed by atoms with Gasteiger partial charge in [0.1, 0.15) is 6.17 Å². The fourth-order valence-corrected chi connectivity index (χ4v) is 3.94. The van der Waals surface area contributed by atoms with Crippen LogP contribution in [0.15, 0.2) is 91.0 Å². The smallest absolute Gasteiger partial charge is 0.129 e. The van der Waals surface area contributed by atoms with Crippen LogP contribution in [0, 0.1) is 0 Å². The number of benzene rings is 3. The van der Waals surface area contributed by atoms with Crippen LogP contribution in [0.2, 0.25) is 0 Å². The van der Waals surface area contributed by atoms with Crippen molar-refractivity contribution in [2.75, 3.05) is 9.80 Å². The molecule has 2 atom stereocenters. The summed E-state index contributed by atoms with van der Waals surface area (Å²) in [6, 6.07) is 33.2. The van der Waals surface area contributed by atoms with E-state index in [1.165, 1.54) is 16.9 Å². The number of nitrogens with zero attached hydrogens (tertiary/aromatic N) is 2. The van der Waals surface area contributed by atoms with Gasteiger partial charge in [0.2, 0.25) is 0 Å². The van der Waals surface area contributed by atoms with Crippen LogP contribution in [0.25, 0.3) is 0 Å². The Kier molecular flexibility index (Phi) is 4.19. The average Bonchev–Trinajstić information content (AvgIpc) is 2.95. The van der Waals surface area contributed by atoms with Gasteiger partial charge in [-0.05, 0) is 43.7 Å². The average molecular weight is 328 g/mol. The molecule has 0 bridgehead atoms. The second kappa shape index (κ2) is 6.64. The highest BCUT2D eigenvalue weighted by Gasteiger charge is 2.43. The first kappa shape index (κ1) is 15.8. The minimum absolute atomic E-state index is 0.191. The molecule has 0 radical (unpaired) electrons. The molecule has 1 aliphatic heterocycles. The third-order valence-corrected chi connectivity index (χ3v) is 5.31. The molecule has 0 N–H and O–H groups in total. The highest BCUT2D eigenvalue weighted by molar-refractivity contribution is 5.61. The normalized spacial score (nSPS) is 23.0. The predicted octanol–water partition coefficient (Wildman–Crippen LogP) is 5.49. The first-order chi connectivity index (χ1) is 12.3. The quantitative estimate of drug-likeness (QED) is 0.627. The van der Waals surface area contributed by atoms with Gasteiger partial charge in [-0.15, -0.1) is 0 Å². The molecular weight excluding hydrogens is 304 g/mol. The lowest BCUT2D eigenvalue weighted by molar-refractivity contribution is 0.646. The van der Waals surface area contributed by atoms with Crippen molar-refractivity contribution in [3.63, 3.8) is 0 Å². The number of hydrogen-bond donors (Lipinski definition) is 0. The zero-order chi connectivity index (χ0) is 17.2. The summed E-state index contributed by atoms with van der Waals surface area (Å²) in [7, 11) is 0. The monoisotopic (exact) mass is 328 g/mol. The highest BCUT2D eigenvalue weighted by Crippen LogP contribution is 2.43. The summed E-state index contributed by atoms with van der Waals surface area (Å²) < 4.78 is 0. The lowest BCUT2D eigenvalue weighted by atomic mass is 10.1. The second-order valence-electron chi connectivity index (χ2n) is 6.75. The number of anilines is 2. The summed E-state index contributed by atoms with van der Waals surface area (Å²) in [6.07, 6.45) is 0.191. The Balaban J connectivity index is 1.86. The number of para-hydroxylation sites is 2. The molecule has 2 unspecified atom stereocenters. The Labute approximate surface area is 150 Å². The van der Waals surface area contributed by atoms with E-state index in [0.29, 0.717) is 12.1 Å². The third-order valence-electron chi connectivity index (χ3n) is 5.31. The second-order valence-corrected chi connectivity index (χ2v) is 6.75. The van der Waals surface area contributed by atoms with Gasteiger partial charge in [-0.1, -0.05) is 66.7 Å². The molecule has 3 aromatic carbocycles. The summed E-state index contributed by atoms with van der Waals surface area (Å²) >= 11 is 0. The van der Waals surface area contributed by atoms with Crippen LogP contribution in [-0.2, 0) is 0 Å². The van der Waals surface area contributed by atoms with E-state index in [4.69, 9.17) is 0 Å². The molecular formula is C23H24N2. The largest absolute Gasteiger partial charge is 0.342 e. The van der Waals surface area contributed by atoms with Crippen molar-refractivity contribution in [2.24, 2.45) is 0 Å². The molecule has 1 fully saturated rings. The Morgan fingerprint density at radius 3 is 1.28 bits per heavy atom. The molecule has 3 aromatic rings. The molecule has 1 saturated heterocycles. The molecule has 2 heteroatoms. The number of hydrogen-bond acceptors (Lipinski definition) is 2. The fourth-order valence-electron chi connectivity index (χ4n) is 3.94. The summed E-state index contributed by atoms with van der Waals surface area (Å²) in [6.45, 7) is 4.66. The lowest BCUT2D eigenvalue weighted by Gasteiger charge is -2.34. The maximum atomic E-state index is 2.55. The number of rotatable bonds is 3. The molecule has 0 aliphatic carbocycles. The zero-order valence-corrected chi connectivity index (χ0v) is 14.8. The van der Waals surface area contributed by atoms with Crippen LogP contribution in [0.3, 0.4) is 0 Å². The Bertz CT molecular complexity index is 750. The summed E-state index contributed by atoms with van der Waals surface area (Å²) in [5.74, 6) is 0. The molecule has 126 valence electrons. The summed E-state index contributed by atoms with van der Waals surface area (Å²) in [5, 5.41) is 0. The van der Waals surface area contributed by atoms with Gasteiger partial charge < -0.3 is 9.80 Å². The molecule has 0 spiro atoms. The highest BCUT2D eigenvalue weighted by atomic mass is 15.5. The van der Waals surface area contributed by atoms with Crippen molar-refractivity contribution in [1.29, 1.82) is 0 Å². The minimum Gasteiger partial charge on any atom is -0.342 e. The molecule has 0 amide bonds. The maximum Gasteiger partial charge on any atom is 0.129 e. The Morgan fingerprint density at radius 1 is 0.520 bits per heavy atom. The Morgan fingerprint density at radius 2 is 0.880 bits per heavy atom. The van der Waals surface area contributed by atoms with Crippen molar-refractivity contribution in [3.05, 3.63) is 96.6 Å². The molecule has 0 saturated carbocycles. The van der Waals surface area contributed by atoms with Crippen LogP contribution in [0.1, 0.15) is 25.6 Å². The Hall–Kier alpha value is -2.74. The van der Waals surface area contributed by atoms with Gasteiger partial charge >= 0.3 is 0 Å². The minimum atomic E-state index is 0.191. The van der Waals surface area contributed by atoms with Gasteiger partial charge in [0, 0.05) is 23.5 Å². The van der Waals surface area contributed by atoms with Crippen molar-refractivity contribution >= 4 is 11.4 Å². The van der Waals surface area contributed by atoms with Gasteiger partial charge in [0.15, 0.2) is 0 Å². The van der Waals surface area contributed by atoms with Crippen LogP contribution in [0.5, 0.6) is 0 Å². The van der Waals surface area contributed by atoms with E-state index >= 15 is 0 Å². The molecule has 1 aliphatic rings. The predicted molar refractivity (Wildman–Crippen MR) is 106 cm³/mol. The van der Waals surface area contributed by atoms with E-state index < -0.39 is 0 Å². The zero-order valence-electron chi connectivity index (χ0n) is 14.8. The van der Waals surface area contributed by atoms with Crippen molar-refractivity contribution < 1.29 is 0 Å². The van der Waals surface area contributed by atoms with Gasteiger partial charge in [-0.2, -0.15) is 0 Å².